The van der Waals surface area contributed by atoms with Gasteiger partial charge in [-0.15, -0.1) is 0 Å². The first-order valence-corrected chi connectivity index (χ1v) is 9.65. The normalized spacial score (nSPS) is 13.0. The van der Waals surface area contributed by atoms with Crippen LogP contribution in [0.15, 0.2) is 48.5 Å². The van der Waals surface area contributed by atoms with Gasteiger partial charge in [0.15, 0.2) is 5.69 Å². The largest absolute Gasteiger partial charge is 0.322 e. The highest BCUT2D eigenvalue weighted by Crippen LogP contribution is 2.24. The summed E-state index contributed by atoms with van der Waals surface area (Å²) in [5.74, 6) is -0.693. The number of carbonyl (C=O) groups is 2. The van der Waals surface area contributed by atoms with Crippen LogP contribution in [0.5, 0.6) is 0 Å². The number of rotatable bonds is 3. The molecule has 0 spiro atoms. The van der Waals surface area contributed by atoms with Crippen molar-refractivity contribution in [2.45, 2.75) is 19.9 Å². The first-order chi connectivity index (χ1) is 14.4. The molecular formula is C22H22FN5O2. The number of aryl methyl sites for hydroxylation is 2. The van der Waals surface area contributed by atoms with Gasteiger partial charge < -0.3 is 15.5 Å². The van der Waals surface area contributed by atoms with Crippen LogP contribution in [0.4, 0.5) is 20.6 Å². The Morgan fingerprint density at radius 2 is 1.83 bits per heavy atom. The van der Waals surface area contributed by atoms with Crippen molar-refractivity contribution in [3.63, 3.8) is 0 Å². The van der Waals surface area contributed by atoms with Gasteiger partial charge in [-0.3, -0.25) is 9.48 Å². The summed E-state index contributed by atoms with van der Waals surface area (Å²) in [5.41, 5.74) is 3.53. The fourth-order valence-electron chi connectivity index (χ4n) is 3.53. The van der Waals surface area contributed by atoms with E-state index in [9.17, 15) is 14.0 Å². The average Bonchev–Trinajstić information content (AvgIpc) is 3.07. The number of urea groups is 1. The number of amides is 3. The maximum absolute atomic E-state index is 13.8. The van der Waals surface area contributed by atoms with Crippen LogP contribution in [0.25, 0.3) is 0 Å². The second-order valence-electron chi connectivity index (χ2n) is 7.28. The minimum absolute atomic E-state index is 0.251. The highest BCUT2D eigenvalue weighted by molar-refractivity contribution is 6.04. The summed E-state index contributed by atoms with van der Waals surface area (Å²) in [6, 6.07) is 13.4. The van der Waals surface area contributed by atoms with Crippen molar-refractivity contribution in [1.82, 2.24) is 14.7 Å². The van der Waals surface area contributed by atoms with Crippen molar-refractivity contribution in [3.05, 3.63) is 76.9 Å². The molecule has 0 saturated carbocycles. The molecule has 1 aromatic heterocycles. The van der Waals surface area contributed by atoms with E-state index in [-0.39, 0.29) is 24.3 Å². The zero-order chi connectivity index (χ0) is 21.3. The first-order valence-electron chi connectivity index (χ1n) is 9.65. The molecule has 4 rings (SSSR count). The number of benzene rings is 2. The maximum atomic E-state index is 13.8. The Morgan fingerprint density at radius 1 is 1.07 bits per heavy atom. The lowest BCUT2D eigenvalue weighted by Gasteiger charge is -2.27. The number of para-hydroxylation sites is 1. The summed E-state index contributed by atoms with van der Waals surface area (Å²) in [6.45, 7) is 2.39. The molecule has 3 aromatic rings. The topological polar surface area (TPSA) is 79.3 Å². The third-order valence-electron chi connectivity index (χ3n) is 5.20. The Kier molecular flexibility index (Phi) is 5.22. The highest BCUT2D eigenvalue weighted by atomic mass is 19.1. The van der Waals surface area contributed by atoms with E-state index in [4.69, 9.17) is 0 Å². The fraction of sp³-hybridized carbons (Fsp3) is 0.227. The monoisotopic (exact) mass is 407 g/mol. The molecule has 2 heterocycles. The number of carbonyl (C=O) groups excluding carboxylic acids is 2. The molecule has 0 aliphatic carbocycles. The predicted molar refractivity (Wildman–Crippen MR) is 112 cm³/mol. The average molecular weight is 407 g/mol. The minimum atomic E-state index is -0.374. The smallest absolute Gasteiger partial charge is 0.321 e. The van der Waals surface area contributed by atoms with E-state index in [1.807, 2.05) is 18.2 Å². The van der Waals surface area contributed by atoms with Crippen LogP contribution in [-0.2, 0) is 20.0 Å². The van der Waals surface area contributed by atoms with Gasteiger partial charge in [-0.25, -0.2) is 9.18 Å². The molecule has 0 unspecified atom stereocenters. The molecule has 7 nitrogen and oxygen atoms in total. The number of halogens is 1. The van der Waals surface area contributed by atoms with E-state index in [1.165, 1.54) is 6.07 Å². The number of hydrogen-bond donors (Lipinski definition) is 2. The van der Waals surface area contributed by atoms with Crippen molar-refractivity contribution >= 4 is 23.3 Å². The van der Waals surface area contributed by atoms with E-state index in [2.05, 4.69) is 15.7 Å². The summed E-state index contributed by atoms with van der Waals surface area (Å²) in [4.78, 5) is 27.1. The molecule has 3 amide bonds. The lowest BCUT2D eigenvalue weighted by molar-refractivity contribution is 0.101. The van der Waals surface area contributed by atoms with Crippen molar-refractivity contribution in [3.8, 4) is 0 Å². The van der Waals surface area contributed by atoms with Crippen LogP contribution in [0.3, 0.4) is 0 Å². The molecule has 0 bridgehead atoms. The highest BCUT2D eigenvalue weighted by Gasteiger charge is 2.29. The summed E-state index contributed by atoms with van der Waals surface area (Å²) < 4.78 is 15.5. The van der Waals surface area contributed by atoms with Gasteiger partial charge in [0, 0.05) is 42.6 Å². The second kappa shape index (κ2) is 7.98. The first kappa shape index (κ1) is 19.6. The Hall–Kier alpha value is -3.68. The molecule has 30 heavy (non-hydrogen) atoms. The van der Waals surface area contributed by atoms with Crippen LogP contribution in [-0.4, -0.2) is 33.2 Å². The van der Waals surface area contributed by atoms with Crippen LogP contribution in [0, 0.1) is 12.7 Å². The van der Waals surface area contributed by atoms with E-state index < -0.39 is 0 Å². The standard InChI is InChI=1S/C22H22FN5O2/c1-14-8-9-16(12-18(14)23)25-22(30)28-11-10-19-17(13-28)20(26-27(19)2)21(29)24-15-6-4-3-5-7-15/h3-9,12H,10-11,13H2,1-2H3,(H,24,29)(H,25,30). The molecule has 8 heteroatoms. The van der Waals surface area contributed by atoms with Crippen LogP contribution in [0.2, 0.25) is 0 Å². The Labute approximate surface area is 173 Å². The van der Waals surface area contributed by atoms with E-state index in [0.29, 0.717) is 35.6 Å². The molecule has 154 valence electrons. The van der Waals surface area contributed by atoms with Crippen molar-refractivity contribution in [1.29, 1.82) is 0 Å². The third kappa shape index (κ3) is 3.89. The van der Waals surface area contributed by atoms with Gasteiger partial charge in [0.25, 0.3) is 5.91 Å². The molecule has 1 aliphatic heterocycles. The van der Waals surface area contributed by atoms with E-state index in [0.717, 1.165) is 11.3 Å². The van der Waals surface area contributed by atoms with Gasteiger partial charge >= 0.3 is 6.03 Å². The van der Waals surface area contributed by atoms with Gasteiger partial charge in [0.05, 0.1) is 6.54 Å². The van der Waals surface area contributed by atoms with Gasteiger partial charge in [-0.1, -0.05) is 24.3 Å². The number of hydrogen-bond acceptors (Lipinski definition) is 3. The second-order valence-corrected chi connectivity index (χ2v) is 7.28. The number of nitrogens with one attached hydrogen (secondary N) is 2. The molecule has 0 atom stereocenters. The molecule has 0 radical (unpaired) electrons. The summed E-state index contributed by atoms with van der Waals surface area (Å²) >= 11 is 0. The Bertz CT molecular complexity index is 1110. The number of aromatic nitrogens is 2. The summed E-state index contributed by atoms with van der Waals surface area (Å²) in [7, 11) is 1.79. The van der Waals surface area contributed by atoms with Gasteiger partial charge in [0.2, 0.25) is 0 Å². The van der Waals surface area contributed by atoms with E-state index >= 15 is 0 Å². The van der Waals surface area contributed by atoms with Gasteiger partial charge in [0.1, 0.15) is 5.82 Å². The molecule has 0 fully saturated rings. The van der Waals surface area contributed by atoms with Crippen LogP contribution >= 0.6 is 0 Å². The number of nitrogens with zero attached hydrogens (tertiary/aromatic N) is 3. The minimum Gasteiger partial charge on any atom is -0.321 e. The molecule has 2 aromatic carbocycles. The molecular weight excluding hydrogens is 385 g/mol. The fourth-order valence-corrected chi connectivity index (χ4v) is 3.53. The number of fused-ring (bicyclic) bond motifs is 1. The van der Waals surface area contributed by atoms with Crippen molar-refractivity contribution in [2.24, 2.45) is 7.05 Å². The van der Waals surface area contributed by atoms with Crippen molar-refractivity contribution < 1.29 is 14.0 Å². The van der Waals surface area contributed by atoms with Crippen LogP contribution < -0.4 is 10.6 Å². The lowest BCUT2D eigenvalue weighted by Crippen LogP contribution is -2.39. The maximum Gasteiger partial charge on any atom is 0.322 e. The third-order valence-corrected chi connectivity index (χ3v) is 5.20. The summed E-state index contributed by atoms with van der Waals surface area (Å²) in [5, 5.41) is 9.95. The molecule has 2 N–H and O–H groups in total. The Balaban J connectivity index is 1.51. The predicted octanol–water partition coefficient (Wildman–Crippen LogP) is 3.71. The Morgan fingerprint density at radius 3 is 2.57 bits per heavy atom. The quantitative estimate of drug-likeness (QED) is 0.695. The summed E-state index contributed by atoms with van der Waals surface area (Å²) in [6.07, 6.45) is 0.577. The zero-order valence-electron chi connectivity index (χ0n) is 16.8. The van der Waals surface area contributed by atoms with E-state index in [1.54, 1.807) is 47.8 Å². The SMILES string of the molecule is Cc1ccc(NC(=O)N2CCc3c(c(C(=O)Nc4ccccc4)nn3C)C2)cc1F. The van der Waals surface area contributed by atoms with Gasteiger partial charge in [-0.05, 0) is 36.8 Å². The number of anilines is 2. The lowest BCUT2D eigenvalue weighted by atomic mass is 10.0. The van der Waals surface area contributed by atoms with Crippen molar-refractivity contribution in [2.75, 3.05) is 17.2 Å². The van der Waals surface area contributed by atoms with Gasteiger partial charge in [-0.2, -0.15) is 5.10 Å². The molecule has 1 aliphatic rings. The molecule has 0 saturated heterocycles. The zero-order valence-corrected chi connectivity index (χ0v) is 16.8. The van der Waals surface area contributed by atoms with Crippen LogP contribution in [0.1, 0.15) is 27.3 Å².